The number of carbonyl (C=O) groups is 2. The van der Waals surface area contributed by atoms with E-state index in [0.29, 0.717) is 42.6 Å². The molecule has 1 heterocycles. The lowest BCUT2D eigenvalue weighted by Crippen LogP contribution is -2.34. The van der Waals surface area contributed by atoms with Gasteiger partial charge in [0.05, 0.1) is 23.9 Å². The number of esters is 1. The van der Waals surface area contributed by atoms with E-state index >= 15 is 4.39 Å². The van der Waals surface area contributed by atoms with Gasteiger partial charge in [-0.2, -0.15) is 0 Å². The van der Waals surface area contributed by atoms with Crippen molar-refractivity contribution < 1.29 is 28.2 Å². The Hall–Kier alpha value is -3.41. The Balaban J connectivity index is 2.03. The lowest BCUT2D eigenvalue weighted by molar-refractivity contribution is -0.141. The van der Waals surface area contributed by atoms with Crippen molar-refractivity contribution in [2.24, 2.45) is 0 Å². The standard InChI is InChI=1S/C28H30ClFN2O5/c1-4-19(3)37-26-16-25(24(30)15-23(26)29)32(18-20-9-8-12-31-17-20)27(33)21-10-6-7-11-22(21)28(34)36-14-13-35-5-2/h1,8-9,12,15-17,19H,5-7,10-11,13-14,18H2,2-3H3. The number of benzene rings is 1. The third-order valence-electron chi connectivity index (χ3n) is 5.78. The van der Waals surface area contributed by atoms with Crippen molar-refractivity contribution in [1.82, 2.24) is 4.98 Å². The summed E-state index contributed by atoms with van der Waals surface area (Å²) in [4.78, 5) is 32.2. The highest BCUT2D eigenvalue weighted by Crippen LogP contribution is 2.36. The quantitative estimate of drug-likeness (QED) is 0.225. The lowest BCUT2D eigenvalue weighted by Gasteiger charge is -2.28. The summed E-state index contributed by atoms with van der Waals surface area (Å²) in [5, 5.41) is 0.0209. The first kappa shape index (κ1) is 28.2. The topological polar surface area (TPSA) is 78.0 Å². The van der Waals surface area contributed by atoms with E-state index in [1.807, 2.05) is 6.92 Å². The molecule has 1 aliphatic rings. The van der Waals surface area contributed by atoms with Gasteiger partial charge >= 0.3 is 5.97 Å². The Bertz CT molecular complexity index is 1180. The Morgan fingerprint density at radius 2 is 2.00 bits per heavy atom. The summed E-state index contributed by atoms with van der Waals surface area (Å²) < 4.78 is 31.5. The van der Waals surface area contributed by atoms with Crippen LogP contribution in [0.1, 0.15) is 45.1 Å². The minimum atomic E-state index is -0.722. The maximum atomic E-state index is 15.3. The summed E-state index contributed by atoms with van der Waals surface area (Å²) in [6, 6.07) is 5.93. The summed E-state index contributed by atoms with van der Waals surface area (Å²) in [6.45, 7) is 4.35. The van der Waals surface area contributed by atoms with Gasteiger partial charge in [0.25, 0.3) is 5.91 Å². The average Bonchev–Trinajstić information content (AvgIpc) is 2.91. The zero-order valence-corrected chi connectivity index (χ0v) is 21.7. The number of rotatable bonds is 11. The number of terminal acetylenes is 1. The number of amides is 1. The first-order valence-corrected chi connectivity index (χ1v) is 12.5. The summed E-state index contributed by atoms with van der Waals surface area (Å²) in [7, 11) is 0. The normalized spacial score (nSPS) is 14.0. The van der Waals surface area contributed by atoms with E-state index in [-0.39, 0.29) is 36.2 Å². The van der Waals surface area contributed by atoms with Gasteiger partial charge in [-0.3, -0.25) is 9.78 Å². The van der Waals surface area contributed by atoms with Gasteiger partial charge in [0.15, 0.2) is 6.10 Å². The first-order valence-electron chi connectivity index (χ1n) is 12.1. The molecule has 3 rings (SSSR count). The third-order valence-corrected chi connectivity index (χ3v) is 6.07. The molecule has 196 valence electrons. The minimum Gasteiger partial charge on any atom is -0.476 e. The Morgan fingerprint density at radius 3 is 2.68 bits per heavy atom. The van der Waals surface area contributed by atoms with E-state index in [1.54, 1.807) is 31.5 Å². The SMILES string of the molecule is C#CC(C)Oc1cc(N(Cc2cccnc2)C(=O)C2=C(C(=O)OCCOCC)CCCC2)c(F)cc1Cl. The molecule has 1 aliphatic carbocycles. The molecule has 0 spiro atoms. The fraction of sp³-hybridized carbons (Fsp3) is 0.393. The molecule has 1 amide bonds. The largest absolute Gasteiger partial charge is 0.476 e. The maximum absolute atomic E-state index is 15.3. The molecular weight excluding hydrogens is 499 g/mol. The van der Waals surface area contributed by atoms with Crippen molar-refractivity contribution in [3.63, 3.8) is 0 Å². The molecule has 0 N–H and O–H groups in total. The van der Waals surface area contributed by atoms with Crippen molar-refractivity contribution in [3.8, 4) is 18.1 Å². The monoisotopic (exact) mass is 528 g/mol. The van der Waals surface area contributed by atoms with Crippen LogP contribution in [0.2, 0.25) is 5.02 Å². The molecule has 0 aliphatic heterocycles. The average molecular weight is 529 g/mol. The number of anilines is 1. The molecule has 1 unspecified atom stereocenters. The first-order chi connectivity index (χ1) is 17.8. The van der Waals surface area contributed by atoms with Crippen LogP contribution in [0, 0.1) is 18.2 Å². The van der Waals surface area contributed by atoms with Crippen LogP contribution in [0.5, 0.6) is 5.75 Å². The van der Waals surface area contributed by atoms with Crippen LogP contribution in [-0.2, 0) is 25.6 Å². The van der Waals surface area contributed by atoms with Crippen LogP contribution in [-0.4, -0.2) is 42.8 Å². The second-order valence-corrected chi connectivity index (χ2v) is 8.82. The van der Waals surface area contributed by atoms with Gasteiger partial charge < -0.3 is 19.1 Å². The highest BCUT2D eigenvalue weighted by atomic mass is 35.5. The van der Waals surface area contributed by atoms with Crippen molar-refractivity contribution in [2.75, 3.05) is 24.7 Å². The van der Waals surface area contributed by atoms with Crippen LogP contribution in [0.25, 0.3) is 0 Å². The molecule has 2 aromatic rings. The molecule has 9 heteroatoms. The van der Waals surface area contributed by atoms with Gasteiger partial charge in [-0.05, 0) is 57.2 Å². The van der Waals surface area contributed by atoms with E-state index < -0.39 is 23.8 Å². The van der Waals surface area contributed by atoms with Crippen LogP contribution in [0.3, 0.4) is 0 Å². The van der Waals surface area contributed by atoms with Gasteiger partial charge in [-0.15, -0.1) is 6.42 Å². The molecule has 1 atom stereocenters. The van der Waals surface area contributed by atoms with E-state index in [4.69, 9.17) is 32.2 Å². The van der Waals surface area contributed by atoms with Crippen LogP contribution in [0.4, 0.5) is 10.1 Å². The number of aromatic nitrogens is 1. The summed E-state index contributed by atoms with van der Waals surface area (Å²) in [6.07, 6.45) is 10.2. The maximum Gasteiger partial charge on any atom is 0.334 e. The minimum absolute atomic E-state index is 0.00548. The molecule has 0 fully saturated rings. The van der Waals surface area contributed by atoms with Crippen molar-refractivity contribution in [1.29, 1.82) is 0 Å². The number of pyridine rings is 1. The molecule has 37 heavy (non-hydrogen) atoms. The van der Waals surface area contributed by atoms with Crippen LogP contribution in [0.15, 0.2) is 47.8 Å². The molecule has 1 aromatic carbocycles. The van der Waals surface area contributed by atoms with Gasteiger partial charge in [0.1, 0.15) is 18.2 Å². The number of carbonyl (C=O) groups excluding carboxylic acids is 2. The van der Waals surface area contributed by atoms with Crippen molar-refractivity contribution in [3.05, 3.63) is 64.2 Å². The number of nitrogens with zero attached hydrogens (tertiary/aromatic N) is 2. The molecule has 0 bridgehead atoms. The lowest BCUT2D eigenvalue weighted by atomic mass is 9.90. The summed E-state index contributed by atoms with van der Waals surface area (Å²) in [5.74, 6) is 0.783. The highest BCUT2D eigenvalue weighted by molar-refractivity contribution is 6.32. The molecule has 1 aromatic heterocycles. The fourth-order valence-electron chi connectivity index (χ4n) is 3.93. The van der Waals surface area contributed by atoms with E-state index in [9.17, 15) is 9.59 Å². The zero-order chi connectivity index (χ0) is 26.8. The molecule has 0 saturated heterocycles. The van der Waals surface area contributed by atoms with E-state index in [2.05, 4.69) is 10.9 Å². The second-order valence-electron chi connectivity index (χ2n) is 8.41. The number of halogens is 2. The van der Waals surface area contributed by atoms with Crippen molar-refractivity contribution >= 4 is 29.2 Å². The van der Waals surface area contributed by atoms with Crippen LogP contribution >= 0.6 is 11.6 Å². The zero-order valence-electron chi connectivity index (χ0n) is 21.0. The summed E-state index contributed by atoms with van der Waals surface area (Å²) in [5.41, 5.74) is 1.21. The molecule has 0 radical (unpaired) electrons. The fourth-order valence-corrected chi connectivity index (χ4v) is 4.13. The predicted molar refractivity (Wildman–Crippen MR) is 139 cm³/mol. The van der Waals surface area contributed by atoms with Crippen LogP contribution < -0.4 is 9.64 Å². The molecule has 7 nitrogen and oxygen atoms in total. The number of ether oxygens (including phenoxy) is 3. The number of hydrogen-bond donors (Lipinski definition) is 0. The van der Waals surface area contributed by atoms with Crippen molar-refractivity contribution in [2.45, 2.75) is 52.2 Å². The smallest absolute Gasteiger partial charge is 0.334 e. The van der Waals surface area contributed by atoms with Gasteiger partial charge in [-0.1, -0.05) is 23.6 Å². The second kappa shape index (κ2) is 13.8. The highest BCUT2D eigenvalue weighted by Gasteiger charge is 2.31. The Labute approximate surface area is 221 Å². The van der Waals surface area contributed by atoms with Gasteiger partial charge in [0.2, 0.25) is 0 Å². The van der Waals surface area contributed by atoms with E-state index in [0.717, 1.165) is 12.5 Å². The van der Waals surface area contributed by atoms with E-state index in [1.165, 1.54) is 11.0 Å². The Kier molecular flexibility index (Phi) is 10.5. The van der Waals surface area contributed by atoms with Gasteiger partial charge in [-0.25, -0.2) is 9.18 Å². The molecular formula is C28H30ClFN2O5. The Morgan fingerprint density at radius 1 is 1.24 bits per heavy atom. The molecule has 0 saturated carbocycles. The van der Waals surface area contributed by atoms with Gasteiger partial charge in [0, 0.05) is 36.2 Å². The summed E-state index contributed by atoms with van der Waals surface area (Å²) >= 11 is 6.20. The third kappa shape index (κ3) is 7.54. The predicted octanol–water partition coefficient (Wildman–Crippen LogP) is 5.26. The number of hydrogen-bond acceptors (Lipinski definition) is 6.